The van der Waals surface area contributed by atoms with Crippen LogP contribution >= 0.6 is 0 Å². The van der Waals surface area contributed by atoms with Crippen molar-refractivity contribution in [2.24, 2.45) is 0 Å². The van der Waals surface area contributed by atoms with Gasteiger partial charge in [0.1, 0.15) is 5.82 Å². The first kappa shape index (κ1) is 23.8. The lowest BCUT2D eigenvalue weighted by atomic mass is 9.98. The topological polar surface area (TPSA) is 113 Å². The summed E-state index contributed by atoms with van der Waals surface area (Å²) in [6, 6.07) is 10.3. The van der Waals surface area contributed by atoms with E-state index in [0.717, 1.165) is 11.8 Å². The summed E-state index contributed by atoms with van der Waals surface area (Å²) in [6.45, 7) is 1.46. The average molecular weight is 465 g/mol. The van der Waals surface area contributed by atoms with Crippen LogP contribution in [0.4, 0.5) is 4.39 Å². The Bertz CT molecular complexity index is 1150. The van der Waals surface area contributed by atoms with Crippen LogP contribution in [-0.4, -0.2) is 55.0 Å². The standard InChI is InChI=1S/C22H25FN2O6S/c1-22(21(27)24-28,32(3,29)30)10-11-25-12-18-17(20(25)26)9-8-16(19(18)23)15-6-4-14(5-7-15)13-31-2/h4-9,28H,10-13H2,1-3H3,(H,24,27). The first-order chi connectivity index (χ1) is 15.0. The molecule has 1 aliphatic rings. The summed E-state index contributed by atoms with van der Waals surface area (Å²) >= 11 is 0. The Morgan fingerprint density at radius 3 is 2.41 bits per heavy atom. The molecule has 2 aromatic rings. The first-order valence-electron chi connectivity index (χ1n) is 9.86. The van der Waals surface area contributed by atoms with E-state index in [9.17, 15) is 18.0 Å². The Kier molecular flexibility index (Phi) is 6.68. The van der Waals surface area contributed by atoms with E-state index < -0.39 is 32.2 Å². The molecule has 1 heterocycles. The molecule has 0 fully saturated rings. The van der Waals surface area contributed by atoms with Crippen molar-refractivity contribution in [3.05, 3.63) is 58.9 Å². The van der Waals surface area contributed by atoms with Gasteiger partial charge in [0, 0.05) is 43.1 Å². The maximum atomic E-state index is 15.3. The van der Waals surface area contributed by atoms with E-state index in [2.05, 4.69) is 0 Å². The van der Waals surface area contributed by atoms with Crippen molar-refractivity contribution in [1.29, 1.82) is 0 Å². The molecule has 2 aromatic carbocycles. The number of nitrogens with zero attached hydrogens (tertiary/aromatic N) is 1. The molecule has 2 N–H and O–H groups in total. The number of hydroxylamine groups is 1. The largest absolute Gasteiger partial charge is 0.380 e. The van der Waals surface area contributed by atoms with Crippen molar-refractivity contribution in [2.75, 3.05) is 19.9 Å². The number of hydrogen-bond acceptors (Lipinski definition) is 6. The van der Waals surface area contributed by atoms with Crippen LogP contribution in [0.5, 0.6) is 0 Å². The van der Waals surface area contributed by atoms with Gasteiger partial charge in [0.15, 0.2) is 14.6 Å². The van der Waals surface area contributed by atoms with Crippen LogP contribution in [0.3, 0.4) is 0 Å². The Balaban J connectivity index is 1.84. The molecule has 10 heteroatoms. The SMILES string of the molecule is COCc1ccc(-c2ccc3c(c2F)CN(CCC(C)(C(=O)NO)S(C)(=O)=O)C3=O)cc1. The van der Waals surface area contributed by atoms with Gasteiger partial charge in [0.25, 0.3) is 11.8 Å². The van der Waals surface area contributed by atoms with Crippen LogP contribution in [-0.2, 0) is 32.5 Å². The summed E-state index contributed by atoms with van der Waals surface area (Å²) in [7, 11) is -2.32. The molecule has 172 valence electrons. The molecule has 3 rings (SSSR count). The molecule has 2 amide bonds. The van der Waals surface area contributed by atoms with Gasteiger partial charge in [-0.25, -0.2) is 18.3 Å². The monoisotopic (exact) mass is 464 g/mol. The van der Waals surface area contributed by atoms with Crippen LogP contribution in [0.1, 0.15) is 34.8 Å². The van der Waals surface area contributed by atoms with E-state index in [0.29, 0.717) is 17.7 Å². The van der Waals surface area contributed by atoms with Gasteiger partial charge < -0.3 is 9.64 Å². The Hall–Kier alpha value is -2.82. The number of hydrogen-bond donors (Lipinski definition) is 2. The van der Waals surface area contributed by atoms with E-state index in [4.69, 9.17) is 9.94 Å². The molecule has 0 aromatic heterocycles. The van der Waals surface area contributed by atoms with Gasteiger partial charge in [-0.2, -0.15) is 0 Å². The average Bonchev–Trinajstić information content (AvgIpc) is 3.08. The van der Waals surface area contributed by atoms with Gasteiger partial charge in [0.05, 0.1) is 6.61 Å². The van der Waals surface area contributed by atoms with Crippen molar-refractivity contribution >= 4 is 21.7 Å². The number of halogens is 1. The molecule has 1 atom stereocenters. The summed E-state index contributed by atoms with van der Waals surface area (Å²) < 4.78 is 42.7. The Morgan fingerprint density at radius 2 is 1.84 bits per heavy atom. The number of carbonyl (C=O) groups is 2. The van der Waals surface area contributed by atoms with E-state index >= 15 is 4.39 Å². The molecule has 0 aliphatic carbocycles. The lowest BCUT2D eigenvalue weighted by Gasteiger charge is -2.27. The summed E-state index contributed by atoms with van der Waals surface area (Å²) in [6.07, 6.45) is 0.625. The zero-order valence-corrected chi connectivity index (χ0v) is 18.8. The van der Waals surface area contributed by atoms with Crippen LogP contribution in [0.15, 0.2) is 36.4 Å². The van der Waals surface area contributed by atoms with Crippen LogP contribution < -0.4 is 5.48 Å². The third kappa shape index (κ3) is 4.25. The minimum Gasteiger partial charge on any atom is -0.380 e. The molecular weight excluding hydrogens is 439 g/mol. The molecule has 0 saturated carbocycles. The van der Waals surface area contributed by atoms with Crippen LogP contribution in [0, 0.1) is 5.82 Å². The van der Waals surface area contributed by atoms with E-state index in [-0.39, 0.29) is 30.6 Å². The number of nitrogens with one attached hydrogen (secondary N) is 1. The van der Waals surface area contributed by atoms with Crippen LogP contribution in [0.2, 0.25) is 0 Å². The van der Waals surface area contributed by atoms with Crippen molar-refractivity contribution in [1.82, 2.24) is 10.4 Å². The van der Waals surface area contributed by atoms with Gasteiger partial charge >= 0.3 is 0 Å². The number of amides is 2. The highest BCUT2D eigenvalue weighted by atomic mass is 32.2. The minimum atomic E-state index is -3.90. The lowest BCUT2D eigenvalue weighted by molar-refractivity contribution is -0.131. The Morgan fingerprint density at radius 1 is 1.22 bits per heavy atom. The second-order valence-corrected chi connectivity index (χ2v) is 10.4. The first-order valence-corrected chi connectivity index (χ1v) is 11.8. The molecule has 0 bridgehead atoms. The van der Waals surface area contributed by atoms with Gasteiger partial charge in [-0.15, -0.1) is 0 Å². The third-order valence-corrected chi connectivity index (χ3v) is 7.97. The van der Waals surface area contributed by atoms with E-state index in [1.807, 2.05) is 12.1 Å². The zero-order valence-electron chi connectivity index (χ0n) is 18.0. The van der Waals surface area contributed by atoms with Gasteiger partial charge in [-0.3, -0.25) is 14.8 Å². The maximum Gasteiger partial charge on any atom is 0.264 e. The molecule has 8 nitrogen and oxygen atoms in total. The lowest BCUT2D eigenvalue weighted by Crippen LogP contribution is -2.50. The number of methoxy groups -OCH3 is 1. The fourth-order valence-electron chi connectivity index (χ4n) is 3.69. The minimum absolute atomic E-state index is 0.0455. The second kappa shape index (κ2) is 8.97. The van der Waals surface area contributed by atoms with Crippen molar-refractivity contribution in [3.63, 3.8) is 0 Å². The number of rotatable bonds is 8. The molecular formula is C22H25FN2O6S. The summed E-state index contributed by atoms with van der Waals surface area (Å²) in [4.78, 5) is 26.1. The second-order valence-electron chi connectivity index (χ2n) is 8.00. The highest BCUT2D eigenvalue weighted by molar-refractivity contribution is 7.92. The molecule has 1 unspecified atom stereocenters. The highest BCUT2D eigenvalue weighted by Gasteiger charge is 2.44. The molecule has 0 spiro atoms. The van der Waals surface area contributed by atoms with Crippen molar-refractivity contribution < 1.29 is 32.3 Å². The predicted molar refractivity (Wildman–Crippen MR) is 115 cm³/mol. The zero-order chi connectivity index (χ0) is 23.7. The van der Waals surface area contributed by atoms with Crippen molar-refractivity contribution in [2.45, 2.75) is 31.2 Å². The summed E-state index contributed by atoms with van der Waals surface area (Å²) in [5.74, 6) is -2.05. The molecule has 32 heavy (non-hydrogen) atoms. The number of carbonyl (C=O) groups excluding carboxylic acids is 2. The predicted octanol–water partition coefficient (Wildman–Crippen LogP) is 2.29. The fourth-order valence-corrected chi connectivity index (χ4v) is 4.54. The summed E-state index contributed by atoms with van der Waals surface area (Å²) in [5.41, 5.74) is 3.75. The normalized spacial score (nSPS) is 15.4. The van der Waals surface area contributed by atoms with Gasteiger partial charge in [-0.1, -0.05) is 30.3 Å². The number of sulfone groups is 1. The van der Waals surface area contributed by atoms with Crippen LogP contribution in [0.25, 0.3) is 11.1 Å². The molecule has 1 aliphatic heterocycles. The quantitative estimate of drug-likeness (QED) is 0.458. The maximum absolute atomic E-state index is 15.3. The fraction of sp³-hybridized carbons (Fsp3) is 0.364. The molecule has 0 saturated heterocycles. The summed E-state index contributed by atoms with van der Waals surface area (Å²) in [5, 5.41) is 8.94. The van der Waals surface area contributed by atoms with E-state index in [1.165, 1.54) is 17.3 Å². The van der Waals surface area contributed by atoms with Crippen molar-refractivity contribution in [3.8, 4) is 11.1 Å². The molecule has 0 radical (unpaired) electrons. The number of fused-ring (bicyclic) bond motifs is 1. The van der Waals surface area contributed by atoms with E-state index in [1.54, 1.807) is 31.4 Å². The van der Waals surface area contributed by atoms with Gasteiger partial charge in [-0.05, 0) is 30.5 Å². The van der Waals surface area contributed by atoms with Gasteiger partial charge in [0.2, 0.25) is 0 Å². The Labute approximate surface area is 185 Å². The smallest absolute Gasteiger partial charge is 0.264 e. The number of ether oxygens (including phenoxy) is 1. The number of benzene rings is 2. The highest BCUT2D eigenvalue weighted by Crippen LogP contribution is 2.33. The third-order valence-electron chi connectivity index (χ3n) is 5.94.